The van der Waals surface area contributed by atoms with Crippen molar-refractivity contribution < 1.29 is 14.3 Å². The molecule has 0 radical (unpaired) electrons. The van der Waals surface area contributed by atoms with Gasteiger partial charge in [-0.25, -0.2) is 4.79 Å². The number of ether oxygens (including phenoxy) is 1. The number of likely N-dealkylation sites (tertiary alicyclic amines) is 1. The average Bonchev–Trinajstić information content (AvgIpc) is 3.01. The summed E-state index contributed by atoms with van der Waals surface area (Å²) >= 11 is 0. The number of nitrogens with zero attached hydrogens (tertiary/aromatic N) is 1. The predicted octanol–water partition coefficient (Wildman–Crippen LogP) is 1.44. The Morgan fingerprint density at radius 3 is 2.84 bits per heavy atom. The van der Waals surface area contributed by atoms with Gasteiger partial charge in [-0.15, -0.1) is 0 Å². The van der Waals surface area contributed by atoms with Crippen molar-refractivity contribution >= 4 is 12.0 Å². The van der Waals surface area contributed by atoms with Gasteiger partial charge in [0, 0.05) is 32.4 Å². The maximum atomic E-state index is 12.2. The third-order valence-electron chi connectivity index (χ3n) is 4.44. The van der Waals surface area contributed by atoms with Crippen LogP contribution in [0, 0.1) is 5.92 Å². The molecular formula is C14H20N2O3. The van der Waals surface area contributed by atoms with Crippen molar-refractivity contribution in [2.24, 2.45) is 5.92 Å². The summed E-state index contributed by atoms with van der Waals surface area (Å²) in [4.78, 5) is 25.3. The molecule has 2 saturated heterocycles. The molecule has 0 bridgehead atoms. The fraction of sp³-hybridized carbons (Fsp3) is 0.714. The molecule has 3 rings (SSSR count). The van der Waals surface area contributed by atoms with Crippen molar-refractivity contribution in [3.05, 3.63) is 12.2 Å². The largest absolute Gasteiger partial charge is 0.441 e. The Morgan fingerprint density at radius 2 is 2.26 bits per heavy atom. The van der Waals surface area contributed by atoms with E-state index in [4.69, 9.17) is 4.74 Å². The van der Waals surface area contributed by atoms with Gasteiger partial charge in [0.05, 0.1) is 6.54 Å². The van der Waals surface area contributed by atoms with Gasteiger partial charge in [0.1, 0.15) is 5.60 Å². The summed E-state index contributed by atoms with van der Waals surface area (Å²) in [5.74, 6) is 0.665. The van der Waals surface area contributed by atoms with Gasteiger partial charge in [-0.05, 0) is 18.8 Å². The van der Waals surface area contributed by atoms with Crippen LogP contribution in [0.4, 0.5) is 4.79 Å². The summed E-state index contributed by atoms with van der Waals surface area (Å²) < 4.78 is 5.35. The van der Waals surface area contributed by atoms with E-state index in [2.05, 4.69) is 17.5 Å². The molecule has 0 aromatic carbocycles. The third kappa shape index (κ3) is 2.60. The Labute approximate surface area is 113 Å². The van der Waals surface area contributed by atoms with E-state index in [1.807, 2.05) is 4.90 Å². The molecule has 1 atom stereocenters. The molecule has 2 amide bonds. The summed E-state index contributed by atoms with van der Waals surface area (Å²) in [7, 11) is 0. The lowest BCUT2D eigenvalue weighted by Crippen LogP contribution is -2.48. The number of carbonyl (C=O) groups is 2. The van der Waals surface area contributed by atoms with Crippen molar-refractivity contribution in [3.63, 3.8) is 0 Å². The summed E-state index contributed by atoms with van der Waals surface area (Å²) in [6, 6.07) is 0. The second-order valence-electron chi connectivity index (χ2n) is 5.78. The lowest BCUT2D eigenvalue weighted by molar-refractivity contribution is -0.135. The van der Waals surface area contributed by atoms with E-state index in [1.165, 1.54) is 0 Å². The number of alkyl carbamates (subject to hydrolysis) is 1. The van der Waals surface area contributed by atoms with Crippen molar-refractivity contribution in [1.29, 1.82) is 0 Å². The Kier molecular flexibility index (Phi) is 3.21. The van der Waals surface area contributed by atoms with Gasteiger partial charge in [-0.3, -0.25) is 4.79 Å². The summed E-state index contributed by atoms with van der Waals surface area (Å²) in [5.41, 5.74) is -0.360. The Balaban J connectivity index is 1.50. The fourth-order valence-electron chi connectivity index (χ4n) is 3.16. The Morgan fingerprint density at radius 1 is 1.47 bits per heavy atom. The SMILES string of the molecule is O=C1NCC2(CCN(C(=O)CC3C=CCC3)CC2)O1. The molecule has 1 unspecified atom stereocenters. The first-order chi connectivity index (χ1) is 9.17. The molecule has 2 heterocycles. The first kappa shape index (κ1) is 12.5. The summed E-state index contributed by atoms with van der Waals surface area (Å²) in [6.07, 6.45) is 8.32. The van der Waals surface area contributed by atoms with E-state index in [0.29, 0.717) is 32.0 Å². The molecule has 2 aliphatic heterocycles. The van der Waals surface area contributed by atoms with E-state index in [1.54, 1.807) is 0 Å². The van der Waals surface area contributed by atoms with E-state index >= 15 is 0 Å². The standard InChI is InChI=1S/C14H20N2O3/c17-12(9-11-3-1-2-4-11)16-7-5-14(6-8-16)10-15-13(18)19-14/h1,3,11H,2,4-10H2,(H,15,18). The fourth-order valence-corrected chi connectivity index (χ4v) is 3.16. The van der Waals surface area contributed by atoms with Gasteiger partial charge in [0.2, 0.25) is 5.91 Å². The van der Waals surface area contributed by atoms with E-state index in [0.717, 1.165) is 25.7 Å². The summed E-state index contributed by atoms with van der Waals surface area (Å²) in [5, 5.41) is 2.71. The molecule has 0 aromatic heterocycles. The van der Waals surface area contributed by atoms with Crippen LogP contribution in [0.1, 0.15) is 32.1 Å². The van der Waals surface area contributed by atoms with Crippen LogP contribution < -0.4 is 5.32 Å². The van der Waals surface area contributed by atoms with Crippen molar-refractivity contribution in [3.8, 4) is 0 Å². The molecule has 104 valence electrons. The second-order valence-corrected chi connectivity index (χ2v) is 5.78. The Bertz CT molecular complexity index is 411. The molecule has 1 spiro atoms. The molecule has 2 fully saturated rings. The third-order valence-corrected chi connectivity index (χ3v) is 4.44. The normalized spacial score (nSPS) is 28.5. The molecule has 0 saturated carbocycles. The van der Waals surface area contributed by atoms with E-state index < -0.39 is 0 Å². The minimum absolute atomic E-state index is 0.240. The number of rotatable bonds is 2. The minimum Gasteiger partial charge on any atom is -0.441 e. The Hall–Kier alpha value is -1.52. The lowest BCUT2D eigenvalue weighted by atomic mass is 9.91. The minimum atomic E-state index is -0.360. The monoisotopic (exact) mass is 264 g/mol. The van der Waals surface area contributed by atoms with Crippen LogP contribution in [-0.2, 0) is 9.53 Å². The van der Waals surface area contributed by atoms with Gasteiger partial charge < -0.3 is 15.0 Å². The molecular weight excluding hydrogens is 244 g/mol. The number of allylic oxidation sites excluding steroid dienone is 2. The van der Waals surface area contributed by atoms with Crippen molar-refractivity contribution in [1.82, 2.24) is 10.2 Å². The van der Waals surface area contributed by atoms with Crippen LogP contribution in [0.5, 0.6) is 0 Å². The average molecular weight is 264 g/mol. The molecule has 3 aliphatic rings. The highest BCUT2D eigenvalue weighted by molar-refractivity contribution is 5.77. The molecule has 19 heavy (non-hydrogen) atoms. The molecule has 5 nitrogen and oxygen atoms in total. The van der Waals surface area contributed by atoms with Crippen molar-refractivity contribution in [2.45, 2.75) is 37.7 Å². The first-order valence-corrected chi connectivity index (χ1v) is 7.08. The van der Waals surface area contributed by atoms with Gasteiger partial charge in [0.15, 0.2) is 0 Å². The van der Waals surface area contributed by atoms with Crippen LogP contribution in [0.2, 0.25) is 0 Å². The number of hydrogen-bond acceptors (Lipinski definition) is 3. The topological polar surface area (TPSA) is 58.6 Å². The molecule has 0 aromatic rings. The number of carbonyl (C=O) groups excluding carboxylic acids is 2. The van der Waals surface area contributed by atoms with Gasteiger partial charge in [-0.1, -0.05) is 12.2 Å². The molecule has 1 aliphatic carbocycles. The first-order valence-electron chi connectivity index (χ1n) is 7.08. The zero-order chi connectivity index (χ0) is 13.3. The maximum absolute atomic E-state index is 12.2. The van der Waals surface area contributed by atoms with Crippen LogP contribution in [0.3, 0.4) is 0 Å². The highest BCUT2D eigenvalue weighted by Gasteiger charge is 2.43. The van der Waals surface area contributed by atoms with E-state index in [9.17, 15) is 9.59 Å². The predicted molar refractivity (Wildman–Crippen MR) is 69.5 cm³/mol. The highest BCUT2D eigenvalue weighted by Crippen LogP contribution is 2.30. The zero-order valence-electron chi connectivity index (χ0n) is 11.1. The van der Waals surface area contributed by atoms with Gasteiger partial charge >= 0.3 is 6.09 Å². The van der Waals surface area contributed by atoms with Crippen molar-refractivity contribution in [2.75, 3.05) is 19.6 Å². The van der Waals surface area contributed by atoms with Crippen LogP contribution in [-0.4, -0.2) is 42.1 Å². The van der Waals surface area contributed by atoms with E-state index in [-0.39, 0.29) is 17.6 Å². The van der Waals surface area contributed by atoms with Gasteiger partial charge in [0.25, 0.3) is 0 Å². The number of amides is 2. The molecule has 5 heteroatoms. The number of nitrogens with one attached hydrogen (secondary N) is 1. The van der Waals surface area contributed by atoms with Crippen LogP contribution in [0.15, 0.2) is 12.2 Å². The summed E-state index contributed by atoms with van der Waals surface area (Å²) in [6.45, 7) is 1.98. The van der Waals surface area contributed by atoms with Crippen LogP contribution >= 0.6 is 0 Å². The highest BCUT2D eigenvalue weighted by atomic mass is 16.6. The van der Waals surface area contributed by atoms with Crippen LogP contribution in [0.25, 0.3) is 0 Å². The zero-order valence-corrected chi connectivity index (χ0v) is 11.1. The lowest BCUT2D eigenvalue weighted by Gasteiger charge is -2.37. The number of hydrogen-bond donors (Lipinski definition) is 1. The molecule has 1 N–H and O–H groups in total. The van der Waals surface area contributed by atoms with Gasteiger partial charge in [-0.2, -0.15) is 0 Å². The maximum Gasteiger partial charge on any atom is 0.407 e. The number of piperidine rings is 1. The smallest absolute Gasteiger partial charge is 0.407 e. The second kappa shape index (κ2) is 4.87. The quantitative estimate of drug-likeness (QED) is 0.768.